The van der Waals surface area contributed by atoms with Gasteiger partial charge in [0.25, 0.3) is 0 Å². The molecule has 158 valence electrons. The van der Waals surface area contributed by atoms with Crippen LogP contribution < -0.4 is 16.9 Å². The second-order valence-corrected chi connectivity index (χ2v) is 7.55. The molecule has 5 N–H and O–H groups in total. The molecule has 1 aliphatic rings. The van der Waals surface area contributed by atoms with E-state index in [1.54, 1.807) is 11.1 Å². The number of nitrogens with two attached hydrogens (primary N) is 2. The molecule has 2 aromatic carbocycles. The zero-order valence-electron chi connectivity index (χ0n) is 17.0. The Labute approximate surface area is 177 Å². The summed E-state index contributed by atoms with van der Waals surface area (Å²) in [5.74, 6) is 4.88. The normalized spacial score (nSPS) is 17.2. The van der Waals surface area contributed by atoms with Crippen molar-refractivity contribution in [3.63, 3.8) is 0 Å². The average Bonchev–Trinajstić information content (AvgIpc) is 3.25. The van der Waals surface area contributed by atoms with Crippen LogP contribution in [-0.2, 0) is 22.4 Å². The first-order valence-electron chi connectivity index (χ1n) is 10.3. The molecule has 1 fully saturated rings. The highest BCUT2D eigenvalue weighted by Crippen LogP contribution is 2.19. The van der Waals surface area contributed by atoms with E-state index < -0.39 is 12.1 Å². The Kier molecular flexibility index (Phi) is 7.57. The second kappa shape index (κ2) is 10.5. The summed E-state index contributed by atoms with van der Waals surface area (Å²) in [6.07, 6.45) is 4.24. The zero-order chi connectivity index (χ0) is 21.3. The van der Waals surface area contributed by atoms with E-state index in [2.05, 4.69) is 10.4 Å². The largest absolute Gasteiger partial charge is 0.354 e. The van der Waals surface area contributed by atoms with Crippen molar-refractivity contribution in [2.75, 3.05) is 13.1 Å². The van der Waals surface area contributed by atoms with E-state index in [9.17, 15) is 9.59 Å². The van der Waals surface area contributed by atoms with Crippen molar-refractivity contribution < 1.29 is 9.59 Å². The van der Waals surface area contributed by atoms with Crippen molar-refractivity contribution in [2.45, 2.75) is 37.8 Å². The third-order valence-corrected chi connectivity index (χ3v) is 5.37. The third kappa shape index (κ3) is 5.67. The van der Waals surface area contributed by atoms with Gasteiger partial charge in [0.1, 0.15) is 6.04 Å². The van der Waals surface area contributed by atoms with Crippen LogP contribution in [0.3, 0.4) is 0 Å². The van der Waals surface area contributed by atoms with Gasteiger partial charge in [0, 0.05) is 13.1 Å². The molecule has 30 heavy (non-hydrogen) atoms. The van der Waals surface area contributed by atoms with Gasteiger partial charge in [-0.2, -0.15) is 5.10 Å². The van der Waals surface area contributed by atoms with Crippen molar-refractivity contribution in [3.05, 3.63) is 71.3 Å². The summed E-state index contributed by atoms with van der Waals surface area (Å²) in [4.78, 5) is 27.2. The van der Waals surface area contributed by atoms with Gasteiger partial charge in [-0.3, -0.25) is 9.59 Å². The first kappa shape index (κ1) is 21.5. The van der Waals surface area contributed by atoms with Gasteiger partial charge >= 0.3 is 0 Å². The predicted octanol–water partition coefficient (Wildman–Crippen LogP) is 1.20. The zero-order valence-corrected chi connectivity index (χ0v) is 17.0. The molecule has 0 aromatic heterocycles. The molecule has 1 heterocycles. The predicted molar refractivity (Wildman–Crippen MR) is 118 cm³/mol. The van der Waals surface area contributed by atoms with Crippen LogP contribution in [0.1, 0.15) is 29.5 Å². The Balaban J connectivity index is 1.50. The van der Waals surface area contributed by atoms with E-state index in [0.717, 1.165) is 23.1 Å². The molecule has 2 aromatic rings. The molecular formula is C23H29N5O2. The highest BCUT2D eigenvalue weighted by molar-refractivity contribution is 5.90. The van der Waals surface area contributed by atoms with E-state index >= 15 is 0 Å². The molecule has 0 spiro atoms. The Hall–Kier alpha value is -3.19. The number of hydrogen-bond donors (Lipinski definition) is 3. The molecule has 1 saturated heterocycles. The molecule has 7 nitrogen and oxygen atoms in total. The van der Waals surface area contributed by atoms with Crippen molar-refractivity contribution in [2.24, 2.45) is 16.7 Å². The minimum atomic E-state index is -0.642. The molecule has 0 saturated carbocycles. The molecule has 7 heteroatoms. The highest BCUT2D eigenvalue weighted by atomic mass is 16.2. The number of carbonyl (C=O) groups is 2. The van der Waals surface area contributed by atoms with Gasteiger partial charge in [-0.05, 0) is 42.4 Å². The number of nitrogens with one attached hydrogen (secondary N) is 1. The summed E-state index contributed by atoms with van der Waals surface area (Å²) in [7, 11) is 0. The molecule has 0 unspecified atom stereocenters. The summed E-state index contributed by atoms with van der Waals surface area (Å²) in [5.41, 5.74) is 9.21. The fourth-order valence-corrected chi connectivity index (χ4v) is 3.78. The minimum Gasteiger partial charge on any atom is -0.354 e. The van der Waals surface area contributed by atoms with E-state index in [-0.39, 0.29) is 11.8 Å². The van der Waals surface area contributed by atoms with Gasteiger partial charge in [-0.1, -0.05) is 54.6 Å². The maximum absolute atomic E-state index is 12.8. The fourth-order valence-electron chi connectivity index (χ4n) is 3.78. The summed E-state index contributed by atoms with van der Waals surface area (Å²) in [6, 6.07) is 16.4. The smallest absolute Gasteiger partial charge is 0.242 e. The van der Waals surface area contributed by atoms with Gasteiger partial charge in [0.2, 0.25) is 11.8 Å². The summed E-state index contributed by atoms with van der Waals surface area (Å²) in [6.45, 7) is 1.08. The number of hydrazone groups is 1. The molecule has 2 atom stereocenters. The van der Waals surface area contributed by atoms with Crippen molar-refractivity contribution in [1.29, 1.82) is 0 Å². The topological polar surface area (TPSA) is 114 Å². The van der Waals surface area contributed by atoms with Crippen LogP contribution >= 0.6 is 0 Å². The molecule has 1 aliphatic heterocycles. The quantitative estimate of drug-likeness (QED) is 0.347. The van der Waals surface area contributed by atoms with Crippen LogP contribution in [0.5, 0.6) is 0 Å². The Morgan fingerprint density at radius 2 is 1.87 bits per heavy atom. The van der Waals surface area contributed by atoms with E-state index in [1.807, 2.05) is 54.6 Å². The Morgan fingerprint density at radius 3 is 2.57 bits per heavy atom. The summed E-state index contributed by atoms with van der Waals surface area (Å²) in [5, 5.41) is 6.47. The molecular weight excluding hydrogens is 378 g/mol. The maximum Gasteiger partial charge on any atom is 0.242 e. The first-order valence-corrected chi connectivity index (χ1v) is 10.3. The molecule has 0 radical (unpaired) electrons. The number of hydrogen-bond acceptors (Lipinski definition) is 5. The van der Waals surface area contributed by atoms with Crippen LogP contribution in [0.4, 0.5) is 0 Å². The number of amides is 2. The average molecular weight is 408 g/mol. The highest BCUT2D eigenvalue weighted by Gasteiger charge is 2.35. The van der Waals surface area contributed by atoms with Gasteiger partial charge in [-0.25, -0.2) is 0 Å². The molecule has 0 aliphatic carbocycles. The SMILES string of the molecule is NN=Cc1ccc(CCNC(=O)[C@@H]2CCCN2C(=O)[C@H](N)Cc2ccccc2)cc1. The third-order valence-electron chi connectivity index (χ3n) is 5.37. The van der Waals surface area contributed by atoms with Crippen molar-refractivity contribution in [3.8, 4) is 0 Å². The van der Waals surface area contributed by atoms with E-state index in [4.69, 9.17) is 11.6 Å². The standard InChI is InChI=1S/C23H29N5O2/c24-20(15-18-5-2-1-3-6-18)23(30)28-14-4-7-21(28)22(29)26-13-12-17-8-10-19(11-9-17)16-27-25/h1-3,5-6,8-11,16,20-21H,4,7,12-15,24-25H2,(H,26,29)/t20-,21+/m1/s1. The number of nitrogens with zero attached hydrogens (tertiary/aromatic N) is 2. The summed E-state index contributed by atoms with van der Waals surface area (Å²) < 4.78 is 0. The lowest BCUT2D eigenvalue weighted by molar-refractivity contribution is -0.139. The lowest BCUT2D eigenvalue weighted by atomic mass is 10.1. The van der Waals surface area contributed by atoms with Gasteiger partial charge in [0.05, 0.1) is 12.3 Å². The van der Waals surface area contributed by atoms with E-state index in [1.165, 1.54) is 0 Å². The molecule has 2 amide bonds. The van der Waals surface area contributed by atoms with Crippen LogP contribution in [0, 0.1) is 0 Å². The van der Waals surface area contributed by atoms with Gasteiger partial charge < -0.3 is 21.8 Å². The van der Waals surface area contributed by atoms with Crippen LogP contribution in [0.2, 0.25) is 0 Å². The van der Waals surface area contributed by atoms with Crippen molar-refractivity contribution in [1.82, 2.24) is 10.2 Å². The Morgan fingerprint density at radius 1 is 1.13 bits per heavy atom. The molecule has 0 bridgehead atoms. The number of carbonyl (C=O) groups excluding carboxylic acids is 2. The monoisotopic (exact) mass is 407 g/mol. The number of benzene rings is 2. The minimum absolute atomic E-state index is 0.111. The van der Waals surface area contributed by atoms with Gasteiger partial charge in [0.15, 0.2) is 0 Å². The van der Waals surface area contributed by atoms with E-state index in [0.29, 0.717) is 32.4 Å². The number of likely N-dealkylation sites (tertiary alicyclic amines) is 1. The van der Waals surface area contributed by atoms with Crippen LogP contribution in [0.25, 0.3) is 0 Å². The first-order chi connectivity index (χ1) is 14.6. The van der Waals surface area contributed by atoms with Gasteiger partial charge in [-0.15, -0.1) is 0 Å². The van der Waals surface area contributed by atoms with Crippen LogP contribution in [0.15, 0.2) is 59.7 Å². The fraction of sp³-hybridized carbons (Fsp3) is 0.348. The lowest BCUT2D eigenvalue weighted by Crippen LogP contribution is -2.52. The van der Waals surface area contributed by atoms with Crippen molar-refractivity contribution >= 4 is 18.0 Å². The maximum atomic E-state index is 12.8. The van der Waals surface area contributed by atoms with Crippen LogP contribution in [-0.4, -0.2) is 48.1 Å². The molecule has 3 rings (SSSR count). The lowest BCUT2D eigenvalue weighted by Gasteiger charge is -2.26. The number of rotatable bonds is 8. The summed E-state index contributed by atoms with van der Waals surface area (Å²) >= 11 is 0. The Bertz CT molecular complexity index is 867. The second-order valence-electron chi connectivity index (χ2n) is 7.55.